The van der Waals surface area contributed by atoms with Crippen molar-refractivity contribution in [3.63, 3.8) is 0 Å². The number of pyridine rings is 1. The number of hydrogen-bond donors (Lipinski definition) is 2. The van der Waals surface area contributed by atoms with Crippen molar-refractivity contribution < 1.29 is 13.2 Å². The van der Waals surface area contributed by atoms with E-state index in [0.29, 0.717) is 5.69 Å². The van der Waals surface area contributed by atoms with E-state index in [1.165, 1.54) is 12.1 Å². The van der Waals surface area contributed by atoms with Gasteiger partial charge in [-0.15, -0.1) is 0 Å². The summed E-state index contributed by atoms with van der Waals surface area (Å²) in [5.41, 5.74) is 3.67. The van der Waals surface area contributed by atoms with Crippen LogP contribution in [-0.2, 0) is 16.6 Å². The van der Waals surface area contributed by atoms with Crippen LogP contribution in [0.4, 0.5) is 5.69 Å². The van der Waals surface area contributed by atoms with E-state index in [4.69, 9.17) is 0 Å². The lowest BCUT2D eigenvalue weighted by Crippen LogP contribution is -2.24. The number of anilines is 1. The number of sulfonamides is 1. The summed E-state index contributed by atoms with van der Waals surface area (Å²) in [6.07, 6.45) is 3.21. The molecule has 144 valence electrons. The summed E-state index contributed by atoms with van der Waals surface area (Å²) < 4.78 is 27.7. The average molecular weight is 395 g/mol. The van der Waals surface area contributed by atoms with Crippen LogP contribution in [0.15, 0.2) is 71.9 Å². The molecule has 28 heavy (non-hydrogen) atoms. The van der Waals surface area contributed by atoms with Gasteiger partial charge in [-0.05, 0) is 60.9 Å². The highest BCUT2D eigenvalue weighted by Crippen LogP contribution is 2.19. The van der Waals surface area contributed by atoms with Crippen molar-refractivity contribution in [2.45, 2.75) is 25.3 Å². The second-order valence-electron chi connectivity index (χ2n) is 6.49. The smallest absolute Gasteiger partial charge is 0.255 e. The predicted molar refractivity (Wildman–Crippen MR) is 109 cm³/mol. The van der Waals surface area contributed by atoms with Gasteiger partial charge in [0.1, 0.15) is 0 Å². The van der Waals surface area contributed by atoms with Gasteiger partial charge in [0, 0.05) is 30.2 Å². The van der Waals surface area contributed by atoms with Crippen LogP contribution in [0.1, 0.15) is 27.0 Å². The Balaban J connectivity index is 1.77. The fourth-order valence-electron chi connectivity index (χ4n) is 2.63. The molecule has 0 aliphatic rings. The molecule has 2 N–H and O–H groups in total. The van der Waals surface area contributed by atoms with Crippen molar-refractivity contribution in [1.29, 1.82) is 0 Å². The summed E-state index contributed by atoms with van der Waals surface area (Å²) in [6.45, 7) is 3.96. The Morgan fingerprint density at radius 2 is 1.86 bits per heavy atom. The second-order valence-corrected chi connectivity index (χ2v) is 8.25. The molecule has 3 rings (SSSR count). The number of nitrogens with zero attached hydrogens (tertiary/aromatic N) is 1. The first kappa shape index (κ1) is 19.7. The fourth-order valence-corrected chi connectivity index (χ4v) is 3.70. The molecule has 0 atom stereocenters. The fraction of sp³-hybridized carbons (Fsp3) is 0.143. The lowest BCUT2D eigenvalue weighted by atomic mass is 10.1. The van der Waals surface area contributed by atoms with Crippen LogP contribution in [-0.4, -0.2) is 19.3 Å². The van der Waals surface area contributed by atoms with E-state index in [1.807, 2.05) is 32.0 Å². The Labute approximate surface area is 164 Å². The first-order valence-electron chi connectivity index (χ1n) is 8.72. The second kappa shape index (κ2) is 8.33. The third kappa shape index (κ3) is 4.82. The molecule has 1 heterocycles. The van der Waals surface area contributed by atoms with Crippen molar-refractivity contribution in [2.24, 2.45) is 0 Å². The van der Waals surface area contributed by atoms with Crippen molar-refractivity contribution in [3.8, 4) is 0 Å². The number of nitrogens with one attached hydrogen (secondary N) is 2. The Kier molecular flexibility index (Phi) is 5.87. The zero-order chi connectivity index (χ0) is 20.1. The molecule has 0 bridgehead atoms. The summed E-state index contributed by atoms with van der Waals surface area (Å²) in [5, 5.41) is 2.84. The molecule has 0 fully saturated rings. The van der Waals surface area contributed by atoms with Gasteiger partial charge in [-0.25, -0.2) is 13.1 Å². The first-order chi connectivity index (χ1) is 13.3. The Morgan fingerprint density at radius 1 is 1.04 bits per heavy atom. The molecule has 0 saturated carbocycles. The van der Waals surface area contributed by atoms with Gasteiger partial charge in [0.05, 0.1) is 4.90 Å². The highest BCUT2D eigenvalue weighted by molar-refractivity contribution is 7.89. The van der Waals surface area contributed by atoms with Crippen molar-refractivity contribution >= 4 is 21.6 Å². The first-order valence-corrected chi connectivity index (χ1v) is 10.2. The standard InChI is InChI=1S/C21H21N3O3S/c1-15-8-9-16(2)20(11-15)24-21(25)18-6-3-7-19(12-18)28(26,27)23-14-17-5-4-10-22-13-17/h3-13,23H,14H2,1-2H3,(H,24,25). The third-order valence-corrected chi connectivity index (χ3v) is 5.64. The van der Waals surface area contributed by atoms with E-state index in [2.05, 4.69) is 15.0 Å². The van der Waals surface area contributed by atoms with E-state index >= 15 is 0 Å². The third-order valence-electron chi connectivity index (χ3n) is 4.24. The molecule has 6 nitrogen and oxygen atoms in total. The molecule has 3 aromatic rings. The molecule has 1 amide bonds. The van der Waals surface area contributed by atoms with Crippen molar-refractivity contribution in [3.05, 3.63) is 89.2 Å². The lowest BCUT2D eigenvalue weighted by Gasteiger charge is -2.11. The minimum atomic E-state index is -3.76. The average Bonchev–Trinajstić information content (AvgIpc) is 2.70. The van der Waals surface area contributed by atoms with Crippen LogP contribution in [0.2, 0.25) is 0 Å². The largest absolute Gasteiger partial charge is 0.322 e. The van der Waals surface area contributed by atoms with Crippen LogP contribution in [0, 0.1) is 13.8 Å². The van der Waals surface area contributed by atoms with Crippen LogP contribution in [0.3, 0.4) is 0 Å². The lowest BCUT2D eigenvalue weighted by molar-refractivity contribution is 0.102. The molecule has 0 aliphatic heterocycles. The van der Waals surface area contributed by atoms with Crippen molar-refractivity contribution in [2.75, 3.05) is 5.32 Å². The Hall–Kier alpha value is -3.03. The molecule has 1 aromatic heterocycles. The minimum absolute atomic E-state index is 0.0324. The number of amides is 1. The van der Waals surface area contributed by atoms with Gasteiger partial charge >= 0.3 is 0 Å². The van der Waals surface area contributed by atoms with Gasteiger partial charge < -0.3 is 5.32 Å². The number of carbonyl (C=O) groups is 1. The molecular formula is C21H21N3O3S. The number of hydrogen-bond acceptors (Lipinski definition) is 4. The van der Waals surface area contributed by atoms with Crippen LogP contribution in [0.25, 0.3) is 0 Å². The maximum Gasteiger partial charge on any atom is 0.255 e. The number of aromatic nitrogens is 1. The Morgan fingerprint density at radius 3 is 2.61 bits per heavy atom. The molecule has 2 aromatic carbocycles. The van der Waals surface area contributed by atoms with Gasteiger partial charge in [0.2, 0.25) is 10.0 Å². The van der Waals surface area contributed by atoms with Crippen LogP contribution in [0.5, 0.6) is 0 Å². The molecule has 0 unspecified atom stereocenters. The summed E-state index contributed by atoms with van der Waals surface area (Å²) in [6, 6.07) is 15.2. The van der Waals surface area contributed by atoms with Gasteiger partial charge in [-0.1, -0.05) is 24.3 Å². The maximum atomic E-state index is 12.6. The zero-order valence-corrected chi connectivity index (χ0v) is 16.5. The van der Waals surface area contributed by atoms with E-state index in [-0.39, 0.29) is 22.9 Å². The van der Waals surface area contributed by atoms with E-state index in [9.17, 15) is 13.2 Å². The molecule has 0 aliphatic carbocycles. The topological polar surface area (TPSA) is 88.2 Å². The quantitative estimate of drug-likeness (QED) is 0.669. The zero-order valence-electron chi connectivity index (χ0n) is 15.6. The number of carbonyl (C=O) groups excluding carboxylic acids is 1. The van der Waals surface area contributed by atoms with Gasteiger partial charge in [-0.2, -0.15) is 0 Å². The monoisotopic (exact) mass is 395 g/mol. The van der Waals surface area contributed by atoms with Gasteiger partial charge in [0.25, 0.3) is 5.91 Å². The SMILES string of the molecule is Cc1ccc(C)c(NC(=O)c2cccc(S(=O)(=O)NCc3cccnc3)c2)c1. The summed E-state index contributed by atoms with van der Waals surface area (Å²) >= 11 is 0. The summed E-state index contributed by atoms with van der Waals surface area (Å²) in [7, 11) is -3.76. The molecular weight excluding hydrogens is 374 g/mol. The molecule has 7 heteroatoms. The minimum Gasteiger partial charge on any atom is -0.322 e. The van der Waals surface area contributed by atoms with Crippen LogP contribution >= 0.6 is 0 Å². The van der Waals surface area contributed by atoms with Crippen molar-refractivity contribution in [1.82, 2.24) is 9.71 Å². The van der Waals surface area contributed by atoms with E-state index < -0.39 is 10.0 Å². The van der Waals surface area contributed by atoms with Crippen LogP contribution < -0.4 is 10.0 Å². The number of rotatable bonds is 6. The highest BCUT2D eigenvalue weighted by atomic mass is 32.2. The summed E-state index contributed by atoms with van der Waals surface area (Å²) in [4.78, 5) is 16.6. The number of benzene rings is 2. The Bertz CT molecular complexity index is 1100. The van der Waals surface area contributed by atoms with Gasteiger partial charge in [-0.3, -0.25) is 9.78 Å². The van der Waals surface area contributed by atoms with Gasteiger partial charge in [0.15, 0.2) is 0 Å². The normalized spacial score (nSPS) is 11.2. The van der Waals surface area contributed by atoms with E-state index in [1.54, 1.807) is 36.7 Å². The highest BCUT2D eigenvalue weighted by Gasteiger charge is 2.16. The van der Waals surface area contributed by atoms with E-state index in [0.717, 1.165) is 16.7 Å². The maximum absolute atomic E-state index is 12.6. The number of aryl methyl sites for hydroxylation is 2. The molecule has 0 saturated heterocycles. The molecule has 0 spiro atoms. The molecule has 0 radical (unpaired) electrons. The predicted octanol–water partition coefficient (Wildman–Crippen LogP) is 3.43. The summed E-state index contributed by atoms with van der Waals surface area (Å²) in [5.74, 6) is -0.363.